The molecule has 3 aromatic rings. The van der Waals surface area contributed by atoms with Crippen LogP contribution in [0.1, 0.15) is 18.2 Å². The number of aromatic nitrogens is 2. The molecule has 27 heavy (non-hydrogen) atoms. The smallest absolute Gasteiger partial charge is 0.232 e. The quantitative estimate of drug-likeness (QED) is 0.675. The first kappa shape index (κ1) is 17.5. The van der Waals surface area contributed by atoms with Crippen LogP contribution in [0.5, 0.6) is 5.75 Å². The molecule has 2 heterocycles. The Morgan fingerprint density at radius 3 is 2.89 bits per heavy atom. The van der Waals surface area contributed by atoms with Gasteiger partial charge in [0.1, 0.15) is 11.6 Å². The first-order chi connectivity index (χ1) is 13.1. The van der Waals surface area contributed by atoms with Crippen LogP contribution >= 0.6 is 11.6 Å². The number of anilines is 1. The van der Waals surface area contributed by atoms with E-state index in [0.717, 1.165) is 0 Å². The summed E-state index contributed by atoms with van der Waals surface area (Å²) in [4.78, 5) is 18.4. The topological polar surface area (TPSA) is 68.5 Å². The highest BCUT2D eigenvalue weighted by Gasteiger charge is 2.35. The van der Waals surface area contributed by atoms with Crippen LogP contribution in [0, 0.1) is 5.82 Å². The van der Waals surface area contributed by atoms with Gasteiger partial charge in [-0.1, -0.05) is 28.9 Å². The fourth-order valence-corrected chi connectivity index (χ4v) is 3.29. The molecular formula is C19H15ClFN3O3. The van der Waals surface area contributed by atoms with Crippen molar-refractivity contribution >= 4 is 23.2 Å². The second-order valence-corrected chi connectivity index (χ2v) is 6.57. The van der Waals surface area contributed by atoms with Gasteiger partial charge in [0, 0.05) is 18.7 Å². The highest BCUT2D eigenvalue weighted by Crippen LogP contribution is 2.34. The molecule has 1 aromatic heterocycles. The number of hydrogen-bond acceptors (Lipinski definition) is 5. The number of ether oxygens (including phenoxy) is 1. The Morgan fingerprint density at radius 1 is 1.30 bits per heavy atom. The van der Waals surface area contributed by atoms with Crippen molar-refractivity contribution in [2.24, 2.45) is 0 Å². The molecule has 1 saturated heterocycles. The zero-order chi connectivity index (χ0) is 19.0. The predicted octanol–water partition coefficient (Wildman–Crippen LogP) is 4.06. The number of amides is 1. The summed E-state index contributed by atoms with van der Waals surface area (Å²) in [7, 11) is 1.57. The zero-order valence-electron chi connectivity index (χ0n) is 14.4. The Labute approximate surface area is 159 Å². The van der Waals surface area contributed by atoms with Gasteiger partial charge < -0.3 is 14.2 Å². The van der Waals surface area contributed by atoms with Crippen molar-refractivity contribution in [3.05, 3.63) is 59.2 Å². The van der Waals surface area contributed by atoms with Gasteiger partial charge in [-0.3, -0.25) is 4.79 Å². The first-order valence-corrected chi connectivity index (χ1v) is 8.67. The standard InChI is InChI=1S/C19H15ClFN3O3/c1-26-16-5-3-2-4-13(16)18-22-19(27-23-18)11-8-17(25)24(10-11)12-6-7-15(21)14(20)9-12/h2-7,9,11H,8,10H2,1H3. The van der Waals surface area contributed by atoms with Crippen molar-refractivity contribution in [1.29, 1.82) is 0 Å². The van der Waals surface area contributed by atoms with Crippen LogP contribution in [0.25, 0.3) is 11.4 Å². The number of hydrogen-bond donors (Lipinski definition) is 0. The van der Waals surface area contributed by atoms with E-state index in [2.05, 4.69) is 10.1 Å². The molecule has 4 rings (SSSR count). The van der Waals surface area contributed by atoms with Gasteiger partial charge in [-0.2, -0.15) is 4.98 Å². The third-order valence-electron chi connectivity index (χ3n) is 4.48. The molecule has 8 heteroatoms. The van der Waals surface area contributed by atoms with E-state index in [1.165, 1.54) is 18.2 Å². The van der Waals surface area contributed by atoms with Crippen molar-refractivity contribution in [2.75, 3.05) is 18.6 Å². The van der Waals surface area contributed by atoms with Crippen molar-refractivity contribution in [3.63, 3.8) is 0 Å². The maximum absolute atomic E-state index is 13.4. The molecule has 1 unspecified atom stereocenters. The van der Waals surface area contributed by atoms with Gasteiger partial charge >= 0.3 is 0 Å². The Bertz CT molecular complexity index is 1010. The number of halogens is 2. The van der Waals surface area contributed by atoms with Crippen molar-refractivity contribution in [3.8, 4) is 17.1 Å². The van der Waals surface area contributed by atoms with Gasteiger partial charge in [0.15, 0.2) is 0 Å². The fraction of sp³-hybridized carbons (Fsp3) is 0.211. The number of rotatable bonds is 4. The third kappa shape index (κ3) is 3.26. The average molecular weight is 388 g/mol. The average Bonchev–Trinajstić information content (AvgIpc) is 3.31. The molecule has 0 bridgehead atoms. The number of carbonyl (C=O) groups excluding carboxylic acids is 1. The van der Waals surface area contributed by atoms with E-state index in [1.807, 2.05) is 24.3 Å². The van der Waals surface area contributed by atoms with E-state index < -0.39 is 5.82 Å². The lowest BCUT2D eigenvalue weighted by molar-refractivity contribution is -0.117. The minimum atomic E-state index is -0.526. The van der Waals surface area contributed by atoms with Gasteiger partial charge in [0.2, 0.25) is 17.6 Å². The number of benzene rings is 2. The number of nitrogens with zero attached hydrogens (tertiary/aromatic N) is 3. The van der Waals surface area contributed by atoms with Crippen LogP contribution in [0.3, 0.4) is 0 Å². The van der Waals surface area contributed by atoms with E-state index in [1.54, 1.807) is 12.0 Å². The summed E-state index contributed by atoms with van der Waals surface area (Å²) in [5.41, 5.74) is 1.25. The summed E-state index contributed by atoms with van der Waals surface area (Å²) in [5, 5.41) is 3.99. The fourth-order valence-electron chi connectivity index (χ4n) is 3.12. The Balaban J connectivity index is 1.58. The van der Waals surface area contributed by atoms with Crippen molar-refractivity contribution in [2.45, 2.75) is 12.3 Å². The second-order valence-electron chi connectivity index (χ2n) is 6.16. The van der Waals surface area contributed by atoms with Gasteiger partial charge in [0.05, 0.1) is 23.6 Å². The molecule has 6 nitrogen and oxygen atoms in total. The number of para-hydroxylation sites is 1. The lowest BCUT2D eigenvalue weighted by Gasteiger charge is -2.16. The Hall–Kier alpha value is -2.93. The van der Waals surface area contributed by atoms with Crippen molar-refractivity contribution < 1.29 is 18.4 Å². The summed E-state index contributed by atoms with van der Waals surface area (Å²) in [6, 6.07) is 11.5. The Morgan fingerprint density at radius 2 is 2.11 bits per heavy atom. The monoisotopic (exact) mass is 387 g/mol. The first-order valence-electron chi connectivity index (χ1n) is 8.29. The summed E-state index contributed by atoms with van der Waals surface area (Å²) in [5.74, 6) is 0.520. The molecule has 0 aliphatic carbocycles. The van der Waals surface area contributed by atoms with E-state index in [0.29, 0.717) is 35.3 Å². The SMILES string of the molecule is COc1ccccc1-c1noc(C2CC(=O)N(c3ccc(F)c(Cl)c3)C2)n1. The van der Waals surface area contributed by atoms with E-state index >= 15 is 0 Å². The van der Waals surface area contributed by atoms with E-state index in [9.17, 15) is 9.18 Å². The predicted molar refractivity (Wildman–Crippen MR) is 97.4 cm³/mol. The molecule has 2 aromatic carbocycles. The zero-order valence-corrected chi connectivity index (χ0v) is 15.1. The molecule has 1 aliphatic rings. The summed E-state index contributed by atoms with van der Waals surface area (Å²) in [6.45, 7) is 0.356. The minimum absolute atomic E-state index is 0.0278. The van der Waals surface area contributed by atoms with Gasteiger partial charge in [-0.15, -0.1) is 0 Å². The third-order valence-corrected chi connectivity index (χ3v) is 4.77. The summed E-state index contributed by atoms with van der Waals surface area (Å²) >= 11 is 5.83. The van der Waals surface area contributed by atoms with Crippen LogP contribution < -0.4 is 9.64 Å². The minimum Gasteiger partial charge on any atom is -0.496 e. The maximum Gasteiger partial charge on any atom is 0.232 e. The molecule has 0 radical (unpaired) electrons. The summed E-state index contributed by atoms with van der Waals surface area (Å²) < 4.78 is 24.1. The van der Waals surface area contributed by atoms with Crippen LogP contribution in [0.4, 0.5) is 10.1 Å². The van der Waals surface area contributed by atoms with Gasteiger partial charge in [0.25, 0.3) is 0 Å². The highest BCUT2D eigenvalue weighted by molar-refractivity contribution is 6.31. The molecule has 1 amide bonds. The van der Waals surface area contributed by atoms with Crippen LogP contribution in [-0.4, -0.2) is 29.7 Å². The molecule has 1 atom stereocenters. The van der Waals surface area contributed by atoms with Crippen LogP contribution in [-0.2, 0) is 4.79 Å². The summed E-state index contributed by atoms with van der Waals surface area (Å²) in [6.07, 6.45) is 0.225. The normalized spacial score (nSPS) is 16.8. The second kappa shape index (κ2) is 7.00. The van der Waals surface area contributed by atoms with Crippen molar-refractivity contribution in [1.82, 2.24) is 10.1 Å². The highest BCUT2D eigenvalue weighted by atomic mass is 35.5. The van der Waals surface area contributed by atoms with E-state index in [4.69, 9.17) is 20.9 Å². The Kier molecular flexibility index (Phi) is 4.53. The molecule has 138 valence electrons. The molecule has 0 spiro atoms. The van der Waals surface area contributed by atoms with Gasteiger partial charge in [-0.05, 0) is 30.3 Å². The molecule has 1 aliphatic heterocycles. The largest absolute Gasteiger partial charge is 0.496 e. The van der Waals surface area contributed by atoms with Crippen LogP contribution in [0.2, 0.25) is 5.02 Å². The number of methoxy groups -OCH3 is 1. The lowest BCUT2D eigenvalue weighted by atomic mass is 10.1. The van der Waals surface area contributed by atoms with Crippen LogP contribution in [0.15, 0.2) is 47.0 Å². The molecular weight excluding hydrogens is 373 g/mol. The molecule has 0 saturated carbocycles. The number of carbonyl (C=O) groups is 1. The molecule has 1 fully saturated rings. The van der Waals surface area contributed by atoms with E-state index in [-0.39, 0.29) is 23.3 Å². The molecule has 0 N–H and O–H groups in total. The van der Waals surface area contributed by atoms with Gasteiger partial charge in [-0.25, -0.2) is 4.39 Å². The lowest BCUT2D eigenvalue weighted by Crippen LogP contribution is -2.24. The maximum atomic E-state index is 13.4.